The molecule has 3 heteroatoms. The van der Waals surface area contributed by atoms with Gasteiger partial charge in [-0.3, -0.25) is 0 Å². The Bertz CT molecular complexity index is 956. The summed E-state index contributed by atoms with van der Waals surface area (Å²) in [6, 6.07) is 16.5. The van der Waals surface area contributed by atoms with Crippen molar-refractivity contribution in [2.45, 2.75) is 41.5 Å². The molecule has 0 aliphatic heterocycles. The summed E-state index contributed by atoms with van der Waals surface area (Å²) in [5.74, 6) is 1.53. The molecule has 0 aliphatic carbocycles. The zero-order valence-corrected chi connectivity index (χ0v) is 16.9. The van der Waals surface area contributed by atoms with Crippen LogP contribution in [0, 0.1) is 27.7 Å². The fourth-order valence-corrected chi connectivity index (χ4v) is 2.88. The van der Waals surface area contributed by atoms with Crippen molar-refractivity contribution in [3.63, 3.8) is 0 Å². The Labute approximate surface area is 161 Å². The standard InChI is InChI=1S/C24H26N2O/c1-15-7-9-17(3)21(13-15)25-19(5)23-11-12-24(27-23)20(6)26-22-14-16(2)8-10-18(22)4/h7-14H,1-6H3. The van der Waals surface area contributed by atoms with E-state index in [0.29, 0.717) is 0 Å². The van der Waals surface area contributed by atoms with E-state index >= 15 is 0 Å². The summed E-state index contributed by atoms with van der Waals surface area (Å²) in [5.41, 5.74) is 8.37. The Hall–Kier alpha value is -2.94. The minimum Gasteiger partial charge on any atom is -0.454 e. The van der Waals surface area contributed by atoms with Crippen molar-refractivity contribution in [1.29, 1.82) is 0 Å². The molecule has 1 heterocycles. The van der Waals surface area contributed by atoms with Gasteiger partial charge in [-0.25, -0.2) is 9.98 Å². The number of hydrogen-bond acceptors (Lipinski definition) is 3. The predicted octanol–water partition coefficient (Wildman–Crippen LogP) is 6.79. The highest BCUT2D eigenvalue weighted by Crippen LogP contribution is 2.24. The largest absolute Gasteiger partial charge is 0.454 e. The van der Waals surface area contributed by atoms with Gasteiger partial charge in [-0.05, 0) is 88.1 Å². The van der Waals surface area contributed by atoms with Gasteiger partial charge in [0.25, 0.3) is 0 Å². The molecule has 0 spiro atoms. The quantitative estimate of drug-likeness (QED) is 0.473. The number of benzene rings is 2. The third-order valence-electron chi connectivity index (χ3n) is 4.62. The van der Waals surface area contributed by atoms with Crippen LogP contribution in [-0.2, 0) is 0 Å². The summed E-state index contributed by atoms with van der Waals surface area (Å²) in [6.07, 6.45) is 0. The summed E-state index contributed by atoms with van der Waals surface area (Å²) >= 11 is 0. The van der Waals surface area contributed by atoms with E-state index in [2.05, 4.69) is 64.1 Å². The second-order valence-corrected chi connectivity index (χ2v) is 7.14. The van der Waals surface area contributed by atoms with E-state index in [4.69, 9.17) is 14.4 Å². The van der Waals surface area contributed by atoms with Crippen molar-refractivity contribution in [3.8, 4) is 0 Å². The van der Waals surface area contributed by atoms with Gasteiger partial charge in [-0.2, -0.15) is 0 Å². The first-order valence-electron chi connectivity index (χ1n) is 9.19. The summed E-state index contributed by atoms with van der Waals surface area (Å²) in [7, 11) is 0. The van der Waals surface area contributed by atoms with Crippen LogP contribution >= 0.6 is 0 Å². The molecule has 0 fully saturated rings. The molecule has 27 heavy (non-hydrogen) atoms. The molecule has 0 aliphatic rings. The lowest BCUT2D eigenvalue weighted by molar-refractivity contribution is 0.548. The van der Waals surface area contributed by atoms with E-state index < -0.39 is 0 Å². The highest BCUT2D eigenvalue weighted by molar-refractivity contribution is 6.01. The van der Waals surface area contributed by atoms with Crippen molar-refractivity contribution < 1.29 is 4.42 Å². The molecule has 0 unspecified atom stereocenters. The normalized spacial score (nSPS) is 12.5. The van der Waals surface area contributed by atoms with Crippen LogP contribution in [0.5, 0.6) is 0 Å². The number of aliphatic imine (C=N–C) groups is 2. The summed E-state index contributed by atoms with van der Waals surface area (Å²) in [6.45, 7) is 12.2. The maximum absolute atomic E-state index is 6.03. The van der Waals surface area contributed by atoms with E-state index in [1.54, 1.807) is 0 Å². The molecule has 1 aromatic heterocycles. The number of hydrogen-bond donors (Lipinski definition) is 0. The second kappa shape index (κ2) is 7.75. The molecule has 0 N–H and O–H groups in total. The van der Waals surface area contributed by atoms with Crippen LogP contribution in [0.2, 0.25) is 0 Å². The third kappa shape index (κ3) is 4.43. The van der Waals surface area contributed by atoms with Gasteiger partial charge < -0.3 is 4.42 Å². The zero-order valence-electron chi connectivity index (χ0n) is 16.9. The van der Waals surface area contributed by atoms with E-state index in [-0.39, 0.29) is 0 Å². The van der Waals surface area contributed by atoms with Gasteiger partial charge >= 0.3 is 0 Å². The first-order valence-corrected chi connectivity index (χ1v) is 9.19. The highest BCUT2D eigenvalue weighted by Gasteiger charge is 2.09. The van der Waals surface area contributed by atoms with Crippen LogP contribution in [-0.4, -0.2) is 11.4 Å². The van der Waals surface area contributed by atoms with Gasteiger partial charge in [0.15, 0.2) is 0 Å². The third-order valence-corrected chi connectivity index (χ3v) is 4.62. The molecule has 3 rings (SSSR count). The van der Waals surface area contributed by atoms with Gasteiger partial charge in [-0.15, -0.1) is 0 Å². The van der Waals surface area contributed by atoms with Crippen LogP contribution in [0.3, 0.4) is 0 Å². The zero-order chi connectivity index (χ0) is 19.6. The molecule has 0 amide bonds. The fraction of sp³-hybridized carbons (Fsp3) is 0.250. The van der Waals surface area contributed by atoms with Gasteiger partial charge in [0.1, 0.15) is 11.5 Å². The number of rotatable bonds is 4. The van der Waals surface area contributed by atoms with Gasteiger partial charge in [-0.1, -0.05) is 24.3 Å². The van der Waals surface area contributed by atoms with Gasteiger partial charge in [0.2, 0.25) is 0 Å². The highest BCUT2D eigenvalue weighted by atomic mass is 16.3. The number of aryl methyl sites for hydroxylation is 4. The number of furan rings is 1. The molecule has 3 aromatic rings. The molecule has 0 saturated heterocycles. The monoisotopic (exact) mass is 358 g/mol. The Balaban J connectivity index is 1.89. The summed E-state index contributed by atoms with van der Waals surface area (Å²) < 4.78 is 6.03. The van der Waals surface area contributed by atoms with Crippen LogP contribution in [0.25, 0.3) is 0 Å². The predicted molar refractivity (Wildman–Crippen MR) is 114 cm³/mol. The van der Waals surface area contributed by atoms with E-state index in [0.717, 1.165) is 45.4 Å². The summed E-state index contributed by atoms with van der Waals surface area (Å²) in [4.78, 5) is 9.51. The van der Waals surface area contributed by atoms with Crippen LogP contribution in [0.1, 0.15) is 47.6 Å². The molecule has 0 radical (unpaired) electrons. The van der Waals surface area contributed by atoms with Crippen molar-refractivity contribution in [2.24, 2.45) is 9.98 Å². The Morgan fingerprint density at radius 1 is 0.630 bits per heavy atom. The van der Waals surface area contributed by atoms with Gasteiger partial charge in [0.05, 0.1) is 22.8 Å². The lowest BCUT2D eigenvalue weighted by Gasteiger charge is -2.04. The lowest BCUT2D eigenvalue weighted by Crippen LogP contribution is -1.94. The van der Waals surface area contributed by atoms with Gasteiger partial charge in [0, 0.05) is 0 Å². The molecule has 138 valence electrons. The second-order valence-electron chi connectivity index (χ2n) is 7.14. The molecular weight excluding hydrogens is 332 g/mol. The van der Waals surface area contributed by atoms with Crippen LogP contribution in [0.15, 0.2) is 62.9 Å². The molecule has 0 atom stereocenters. The molecular formula is C24H26N2O. The van der Waals surface area contributed by atoms with Crippen molar-refractivity contribution in [2.75, 3.05) is 0 Å². The first-order chi connectivity index (χ1) is 12.8. The van der Waals surface area contributed by atoms with Crippen molar-refractivity contribution in [3.05, 3.63) is 82.3 Å². The lowest BCUT2D eigenvalue weighted by atomic mass is 10.1. The first kappa shape index (κ1) is 18.8. The van der Waals surface area contributed by atoms with Crippen LogP contribution < -0.4 is 0 Å². The SMILES string of the molecule is CC(=Nc1cc(C)ccc1C)c1ccc(C(C)=Nc2cc(C)ccc2C)o1. The Morgan fingerprint density at radius 3 is 1.44 bits per heavy atom. The van der Waals surface area contributed by atoms with E-state index in [9.17, 15) is 0 Å². The fourth-order valence-electron chi connectivity index (χ4n) is 2.88. The molecule has 3 nitrogen and oxygen atoms in total. The molecule has 0 saturated carbocycles. The Kier molecular flexibility index (Phi) is 5.41. The average Bonchev–Trinajstić information content (AvgIpc) is 3.12. The molecule has 0 bridgehead atoms. The maximum Gasteiger partial charge on any atom is 0.148 e. The van der Waals surface area contributed by atoms with Crippen molar-refractivity contribution in [1.82, 2.24) is 0 Å². The van der Waals surface area contributed by atoms with Crippen LogP contribution in [0.4, 0.5) is 11.4 Å². The number of nitrogens with zero attached hydrogens (tertiary/aromatic N) is 2. The smallest absolute Gasteiger partial charge is 0.148 e. The topological polar surface area (TPSA) is 37.9 Å². The minimum atomic E-state index is 0.765. The van der Waals surface area contributed by atoms with E-state index in [1.807, 2.05) is 26.0 Å². The van der Waals surface area contributed by atoms with E-state index in [1.165, 1.54) is 11.1 Å². The average molecular weight is 358 g/mol. The Morgan fingerprint density at radius 2 is 1.04 bits per heavy atom. The molecule has 2 aromatic carbocycles. The van der Waals surface area contributed by atoms with Crippen molar-refractivity contribution >= 4 is 22.8 Å². The summed E-state index contributed by atoms with van der Waals surface area (Å²) in [5, 5.41) is 0. The maximum atomic E-state index is 6.03. The minimum absolute atomic E-state index is 0.765.